The van der Waals surface area contributed by atoms with E-state index in [2.05, 4.69) is 25.6 Å². The summed E-state index contributed by atoms with van der Waals surface area (Å²) in [4.78, 5) is 3.83. The lowest BCUT2D eigenvalue weighted by molar-refractivity contribution is 0.600. The van der Waals surface area contributed by atoms with Gasteiger partial charge in [0.25, 0.3) is 10.0 Å². The second kappa shape index (κ2) is 5.26. The monoisotopic (exact) mass is 344 g/mol. The first-order chi connectivity index (χ1) is 8.88. The maximum absolute atomic E-state index is 13.1. The molecular formula is C12H10BrFN2O2S. The molecule has 0 fully saturated rings. The number of hydrogen-bond donors (Lipinski definition) is 1. The number of halogens is 2. The smallest absolute Gasteiger partial charge is 0.263 e. The minimum absolute atomic E-state index is 0.0313. The molecule has 0 bridgehead atoms. The number of rotatable bonds is 3. The van der Waals surface area contributed by atoms with Gasteiger partial charge in [-0.2, -0.15) is 0 Å². The van der Waals surface area contributed by atoms with E-state index in [1.165, 1.54) is 36.7 Å². The number of anilines is 1. The van der Waals surface area contributed by atoms with E-state index in [4.69, 9.17) is 0 Å². The Balaban J connectivity index is 2.33. The third-order valence-electron chi connectivity index (χ3n) is 2.40. The van der Waals surface area contributed by atoms with E-state index in [9.17, 15) is 12.8 Å². The van der Waals surface area contributed by atoms with Crippen LogP contribution in [0, 0.1) is 12.7 Å². The summed E-state index contributed by atoms with van der Waals surface area (Å²) in [5, 5.41) is 0. The van der Waals surface area contributed by atoms with Gasteiger partial charge in [0, 0.05) is 22.6 Å². The summed E-state index contributed by atoms with van der Waals surface area (Å²) in [6.45, 7) is 1.56. The summed E-state index contributed by atoms with van der Waals surface area (Å²) in [5.41, 5.74) is 0.673. The van der Waals surface area contributed by atoms with E-state index < -0.39 is 10.0 Å². The van der Waals surface area contributed by atoms with Crippen molar-refractivity contribution in [2.75, 3.05) is 4.72 Å². The van der Waals surface area contributed by atoms with Gasteiger partial charge < -0.3 is 0 Å². The highest BCUT2D eigenvalue weighted by Gasteiger charge is 2.15. The largest absolute Gasteiger partial charge is 0.280 e. The van der Waals surface area contributed by atoms with Crippen molar-refractivity contribution in [2.45, 2.75) is 11.8 Å². The van der Waals surface area contributed by atoms with Crippen LogP contribution in [0.3, 0.4) is 0 Å². The van der Waals surface area contributed by atoms with Crippen LogP contribution >= 0.6 is 15.9 Å². The molecule has 0 amide bonds. The van der Waals surface area contributed by atoms with Crippen LogP contribution < -0.4 is 4.72 Å². The normalized spacial score (nSPS) is 11.3. The van der Waals surface area contributed by atoms with Crippen molar-refractivity contribution < 1.29 is 12.8 Å². The fourth-order valence-corrected chi connectivity index (χ4v) is 3.01. The lowest BCUT2D eigenvalue weighted by atomic mass is 10.2. The van der Waals surface area contributed by atoms with Gasteiger partial charge in [0.1, 0.15) is 10.7 Å². The van der Waals surface area contributed by atoms with E-state index >= 15 is 0 Å². The number of pyridine rings is 1. The first kappa shape index (κ1) is 14.0. The minimum atomic E-state index is -3.73. The molecule has 0 aliphatic heterocycles. The van der Waals surface area contributed by atoms with Gasteiger partial charge in [0.15, 0.2) is 0 Å². The second-order valence-electron chi connectivity index (χ2n) is 3.91. The molecule has 0 saturated carbocycles. The first-order valence-electron chi connectivity index (χ1n) is 5.28. The minimum Gasteiger partial charge on any atom is -0.280 e. The number of aryl methyl sites for hydroxylation is 1. The number of hydrogen-bond acceptors (Lipinski definition) is 3. The van der Waals surface area contributed by atoms with Crippen molar-refractivity contribution in [3.05, 3.63) is 52.5 Å². The quantitative estimate of drug-likeness (QED) is 0.930. The molecule has 1 aromatic carbocycles. The van der Waals surface area contributed by atoms with Crippen LogP contribution in [0.4, 0.5) is 10.1 Å². The van der Waals surface area contributed by atoms with E-state index in [0.717, 1.165) is 0 Å². The Morgan fingerprint density at radius 3 is 2.63 bits per heavy atom. The molecule has 0 spiro atoms. The Hall–Kier alpha value is -1.47. The maximum atomic E-state index is 13.1. The highest BCUT2D eigenvalue weighted by molar-refractivity contribution is 9.10. The molecule has 0 atom stereocenters. The van der Waals surface area contributed by atoms with Gasteiger partial charge in [0.2, 0.25) is 0 Å². The number of benzene rings is 1. The van der Waals surface area contributed by atoms with Gasteiger partial charge in [-0.25, -0.2) is 12.8 Å². The van der Waals surface area contributed by atoms with Crippen molar-refractivity contribution in [1.82, 2.24) is 4.98 Å². The average molecular weight is 345 g/mol. The van der Waals surface area contributed by atoms with Gasteiger partial charge in [-0.15, -0.1) is 0 Å². The number of nitrogens with one attached hydrogen (secondary N) is 1. The third-order valence-corrected chi connectivity index (χ3v) is 4.18. The highest BCUT2D eigenvalue weighted by atomic mass is 79.9. The van der Waals surface area contributed by atoms with Crippen molar-refractivity contribution in [3.8, 4) is 0 Å². The maximum Gasteiger partial charge on any atom is 0.263 e. The lowest BCUT2D eigenvalue weighted by Gasteiger charge is -2.09. The molecule has 0 aliphatic carbocycles. The molecule has 2 aromatic rings. The second-order valence-corrected chi connectivity index (χ2v) is 6.51. The molecule has 19 heavy (non-hydrogen) atoms. The van der Waals surface area contributed by atoms with Crippen LogP contribution in [0.15, 0.2) is 46.0 Å². The number of nitrogens with zero attached hydrogens (tertiary/aromatic N) is 1. The molecule has 100 valence electrons. The van der Waals surface area contributed by atoms with E-state index in [1.54, 1.807) is 6.92 Å². The molecule has 2 rings (SSSR count). The van der Waals surface area contributed by atoms with Crippen molar-refractivity contribution >= 4 is 31.6 Å². The highest BCUT2D eigenvalue weighted by Crippen LogP contribution is 2.20. The molecule has 4 nitrogen and oxygen atoms in total. The van der Waals surface area contributed by atoms with E-state index in [0.29, 0.717) is 15.7 Å². The van der Waals surface area contributed by atoms with E-state index in [1.807, 2.05) is 0 Å². The molecule has 1 aromatic heterocycles. The van der Waals surface area contributed by atoms with Crippen LogP contribution in [0.1, 0.15) is 5.56 Å². The zero-order chi connectivity index (χ0) is 14.0. The van der Waals surface area contributed by atoms with Crippen LogP contribution in [0.2, 0.25) is 0 Å². The van der Waals surface area contributed by atoms with Gasteiger partial charge >= 0.3 is 0 Å². The Bertz CT molecular complexity index is 719. The fourth-order valence-electron chi connectivity index (χ4n) is 1.46. The first-order valence-corrected chi connectivity index (χ1v) is 7.55. The topological polar surface area (TPSA) is 59.1 Å². The molecule has 0 radical (unpaired) electrons. The van der Waals surface area contributed by atoms with Gasteiger partial charge in [-0.1, -0.05) is 0 Å². The Labute approximate surface area is 118 Å². The summed E-state index contributed by atoms with van der Waals surface area (Å²) < 4.78 is 40.2. The van der Waals surface area contributed by atoms with Crippen molar-refractivity contribution in [2.24, 2.45) is 0 Å². The van der Waals surface area contributed by atoms with Crippen molar-refractivity contribution in [3.63, 3.8) is 0 Å². The lowest BCUT2D eigenvalue weighted by Crippen LogP contribution is -2.13. The average Bonchev–Trinajstić information content (AvgIpc) is 2.33. The molecule has 0 saturated heterocycles. The predicted molar refractivity (Wildman–Crippen MR) is 73.9 cm³/mol. The molecule has 0 unspecified atom stereocenters. The molecule has 1 N–H and O–H groups in total. The van der Waals surface area contributed by atoms with Crippen LogP contribution in [0.5, 0.6) is 0 Å². The zero-order valence-corrected chi connectivity index (χ0v) is 12.3. The zero-order valence-electron chi connectivity index (χ0n) is 9.89. The van der Waals surface area contributed by atoms with E-state index in [-0.39, 0.29) is 10.7 Å². The van der Waals surface area contributed by atoms with Crippen LogP contribution in [-0.2, 0) is 10.0 Å². The fraction of sp³-hybridized carbons (Fsp3) is 0.0833. The molecule has 7 heteroatoms. The summed E-state index contributed by atoms with van der Waals surface area (Å²) >= 11 is 3.16. The van der Waals surface area contributed by atoms with Gasteiger partial charge in [-0.05, 0) is 52.7 Å². The number of aromatic nitrogens is 1. The van der Waals surface area contributed by atoms with Crippen molar-refractivity contribution in [1.29, 1.82) is 0 Å². The van der Waals surface area contributed by atoms with Crippen LogP contribution in [-0.4, -0.2) is 13.4 Å². The SMILES string of the molecule is Cc1cc(NS(=O)(=O)c2cncc(Br)c2)ccc1F. The summed E-state index contributed by atoms with van der Waals surface area (Å²) in [5.74, 6) is -0.382. The Kier molecular flexibility index (Phi) is 3.86. The van der Waals surface area contributed by atoms with Gasteiger partial charge in [0.05, 0.1) is 0 Å². The Morgan fingerprint density at radius 2 is 2.00 bits per heavy atom. The summed E-state index contributed by atoms with van der Waals surface area (Å²) in [6.07, 6.45) is 2.73. The molecular weight excluding hydrogens is 335 g/mol. The molecule has 0 aliphatic rings. The standard InChI is InChI=1S/C12H10BrFN2O2S/c1-8-4-10(2-3-12(8)14)16-19(17,18)11-5-9(13)6-15-7-11/h2-7,16H,1H3. The summed E-state index contributed by atoms with van der Waals surface area (Å²) in [7, 11) is -3.73. The third kappa shape index (κ3) is 3.30. The Morgan fingerprint density at radius 1 is 1.26 bits per heavy atom. The van der Waals surface area contributed by atoms with Crippen LogP contribution in [0.25, 0.3) is 0 Å². The number of sulfonamides is 1. The molecule has 1 heterocycles. The van der Waals surface area contributed by atoms with Gasteiger partial charge in [-0.3, -0.25) is 9.71 Å². The summed E-state index contributed by atoms with van der Waals surface area (Å²) in [6, 6.07) is 5.45. The predicted octanol–water partition coefficient (Wildman–Crippen LogP) is 3.09.